The molecule has 0 aliphatic carbocycles. The first kappa shape index (κ1) is 18.7. The summed E-state index contributed by atoms with van der Waals surface area (Å²) >= 11 is 0. The summed E-state index contributed by atoms with van der Waals surface area (Å²) in [5.74, 6) is -1.64. The quantitative estimate of drug-likeness (QED) is 0.637. The first-order chi connectivity index (χ1) is 11.2. The molecule has 0 atom stereocenters. The van der Waals surface area contributed by atoms with E-state index in [1.165, 1.54) is 0 Å². The van der Waals surface area contributed by atoms with Crippen molar-refractivity contribution in [1.82, 2.24) is 9.97 Å². The molecule has 0 aliphatic rings. The lowest BCUT2D eigenvalue weighted by Crippen LogP contribution is -2.32. The number of halogens is 8. The third kappa shape index (κ3) is 4.48. The summed E-state index contributed by atoms with van der Waals surface area (Å²) in [6.45, 7) is 0. The first-order valence-corrected chi connectivity index (χ1v) is 6.19. The van der Waals surface area contributed by atoms with Gasteiger partial charge in [-0.2, -0.15) is 35.1 Å². The summed E-state index contributed by atoms with van der Waals surface area (Å²) in [6, 6.07) is 0.408. The molecule has 2 aromatic rings. The second-order valence-corrected chi connectivity index (χ2v) is 4.83. The summed E-state index contributed by atoms with van der Waals surface area (Å²) in [5.41, 5.74) is -5.60. The number of nitrogens with one attached hydrogen (secondary N) is 2. The molecule has 1 heterocycles. The van der Waals surface area contributed by atoms with Crippen LogP contribution in [0.5, 0.6) is 5.75 Å². The van der Waals surface area contributed by atoms with Gasteiger partial charge in [0, 0.05) is 6.07 Å². The molecule has 25 heavy (non-hydrogen) atoms. The van der Waals surface area contributed by atoms with Gasteiger partial charge in [0.2, 0.25) is 0 Å². The standard InChI is InChI=1S/C12H6F8N2O3/c13-10(14,15)3-11(16,17)25-7-2-6-5(1-4(7)12(18,19)20)21-8(23)9(24)22-6/h1-2H,3H2,(H,21,23)(H,22,24). The summed E-state index contributed by atoms with van der Waals surface area (Å²) in [4.78, 5) is 25.8. The van der Waals surface area contributed by atoms with Gasteiger partial charge in [-0.05, 0) is 6.07 Å². The molecule has 1 aromatic heterocycles. The third-order valence-corrected chi connectivity index (χ3v) is 2.79. The highest BCUT2D eigenvalue weighted by molar-refractivity contribution is 5.77. The van der Waals surface area contributed by atoms with Crippen molar-refractivity contribution in [1.29, 1.82) is 0 Å². The van der Waals surface area contributed by atoms with Crippen molar-refractivity contribution >= 4 is 11.0 Å². The Balaban J connectivity index is 2.62. The van der Waals surface area contributed by atoms with E-state index < -0.39 is 58.3 Å². The van der Waals surface area contributed by atoms with Gasteiger partial charge in [0.25, 0.3) is 0 Å². The zero-order chi connectivity index (χ0) is 19.2. The summed E-state index contributed by atoms with van der Waals surface area (Å²) in [7, 11) is 0. The minimum Gasteiger partial charge on any atom is -0.432 e. The fraction of sp³-hybridized carbons (Fsp3) is 0.333. The number of rotatable bonds is 3. The molecular formula is C12H6F8N2O3. The van der Waals surface area contributed by atoms with Gasteiger partial charge in [-0.25, -0.2) is 0 Å². The fourth-order valence-corrected chi connectivity index (χ4v) is 1.88. The Morgan fingerprint density at radius 3 is 1.76 bits per heavy atom. The molecule has 2 N–H and O–H groups in total. The number of hydrogen-bond donors (Lipinski definition) is 2. The molecule has 0 radical (unpaired) electrons. The zero-order valence-electron chi connectivity index (χ0n) is 11.6. The van der Waals surface area contributed by atoms with Crippen LogP contribution < -0.4 is 15.9 Å². The maximum Gasteiger partial charge on any atom is 0.420 e. The molecule has 13 heteroatoms. The van der Waals surface area contributed by atoms with Gasteiger partial charge in [0.1, 0.15) is 12.2 Å². The van der Waals surface area contributed by atoms with E-state index in [9.17, 15) is 44.7 Å². The number of fused-ring (bicyclic) bond motifs is 1. The Bertz CT molecular complexity index is 910. The van der Waals surface area contributed by atoms with E-state index in [-0.39, 0.29) is 12.1 Å². The molecule has 0 aliphatic heterocycles. The lowest BCUT2D eigenvalue weighted by atomic mass is 10.1. The molecule has 1 aromatic carbocycles. The highest BCUT2D eigenvalue weighted by Crippen LogP contribution is 2.41. The second kappa shape index (κ2) is 5.74. The van der Waals surface area contributed by atoms with Crippen LogP contribution in [-0.4, -0.2) is 22.3 Å². The topological polar surface area (TPSA) is 75.0 Å². The van der Waals surface area contributed by atoms with Crippen LogP contribution in [0.1, 0.15) is 12.0 Å². The van der Waals surface area contributed by atoms with Crippen molar-refractivity contribution in [2.75, 3.05) is 0 Å². The molecule has 5 nitrogen and oxygen atoms in total. The average Bonchev–Trinajstić information content (AvgIpc) is 2.35. The maximum absolute atomic E-state index is 13.3. The second-order valence-electron chi connectivity index (χ2n) is 4.83. The largest absolute Gasteiger partial charge is 0.432 e. The fourth-order valence-electron chi connectivity index (χ4n) is 1.88. The summed E-state index contributed by atoms with van der Waals surface area (Å²) in [6.07, 6.45) is -18.5. The van der Waals surface area contributed by atoms with Crippen LogP contribution in [0, 0.1) is 0 Å². The first-order valence-electron chi connectivity index (χ1n) is 6.19. The number of alkyl halides is 8. The van der Waals surface area contributed by atoms with Crippen LogP contribution in [0.4, 0.5) is 35.1 Å². The van der Waals surface area contributed by atoms with Crippen molar-refractivity contribution in [3.05, 3.63) is 38.4 Å². The number of hydrogen-bond acceptors (Lipinski definition) is 3. The van der Waals surface area contributed by atoms with E-state index in [2.05, 4.69) is 4.74 Å². The Kier molecular flexibility index (Phi) is 4.30. The Labute approximate surface area is 131 Å². The van der Waals surface area contributed by atoms with Crippen LogP contribution in [0.25, 0.3) is 11.0 Å². The maximum atomic E-state index is 13.3. The predicted octanol–water partition coefficient (Wildman–Crippen LogP) is 3.16. The Morgan fingerprint density at radius 2 is 1.32 bits per heavy atom. The van der Waals surface area contributed by atoms with Gasteiger partial charge >= 0.3 is 29.6 Å². The minimum absolute atomic E-state index is 0.158. The molecule has 138 valence electrons. The SMILES string of the molecule is O=c1[nH]c2cc(OC(F)(F)CC(F)(F)F)c(C(F)(F)F)cc2[nH]c1=O. The van der Waals surface area contributed by atoms with E-state index in [0.29, 0.717) is 0 Å². The molecule has 0 unspecified atom stereocenters. The van der Waals surface area contributed by atoms with E-state index in [4.69, 9.17) is 0 Å². The van der Waals surface area contributed by atoms with E-state index >= 15 is 0 Å². The van der Waals surface area contributed by atoms with Gasteiger partial charge in [-0.15, -0.1) is 0 Å². The van der Waals surface area contributed by atoms with Crippen LogP contribution in [-0.2, 0) is 6.18 Å². The molecule has 0 saturated carbocycles. The lowest BCUT2D eigenvalue weighted by Gasteiger charge is -2.22. The molecule has 0 amide bonds. The highest BCUT2D eigenvalue weighted by atomic mass is 19.4. The normalized spacial score (nSPS) is 13.3. The van der Waals surface area contributed by atoms with E-state index in [1.807, 2.05) is 0 Å². The third-order valence-electron chi connectivity index (χ3n) is 2.79. The minimum atomic E-state index is -5.40. The monoisotopic (exact) mass is 378 g/mol. The van der Waals surface area contributed by atoms with E-state index in [1.54, 1.807) is 9.97 Å². The highest BCUT2D eigenvalue weighted by Gasteiger charge is 2.47. The molecule has 0 fully saturated rings. The van der Waals surface area contributed by atoms with Gasteiger partial charge in [0.15, 0.2) is 0 Å². The van der Waals surface area contributed by atoms with E-state index in [0.717, 1.165) is 0 Å². The lowest BCUT2D eigenvalue weighted by molar-refractivity contribution is -0.256. The van der Waals surface area contributed by atoms with Crippen molar-refractivity contribution in [3.63, 3.8) is 0 Å². The Hall–Kier alpha value is -2.60. The summed E-state index contributed by atoms with van der Waals surface area (Å²) in [5, 5.41) is 0. The van der Waals surface area contributed by atoms with Crippen molar-refractivity contribution in [3.8, 4) is 5.75 Å². The van der Waals surface area contributed by atoms with Crippen LogP contribution >= 0.6 is 0 Å². The van der Waals surface area contributed by atoms with Gasteiger partial charge in [0.05, 0.1) is 16.6 Å². The number of ether oxygens (including phenoxy) is 1. The van der Waals surface area contributed by atoms with Crippen molar-refractivity contribution in [2.24, 2.45) is 0 Å². The van der Waals surface area contributed by atoms with Gasteiger partial charge in [-0.1, -0.05) is 0 Å². The Morgan fingerprint density at radius 1 is 0.840 bits per heavy atom. The predicted molar refractivity (Wildman–Crippen MR) is 66.4 cm³/mol. The van der Waals surface area contributed by atoms with Crippen LogP contribution in [0.15, 0.2) is 21.7 Å². The van der Waals surface area contributed by atoms with Crippen molar-refractivity contribution in [2.45, 2.75) is 24.9 Å². The molecule has 0 bridgehead atoms. The zero-order valence-corrected chi connectivity index (χ0v) is 11.6. The number of benzene rings is 1. The molecule has 0 saturated heterocycles. The van der Waals surface area contributed by atoms with Crippen LogP contribution in [0.3, 0.4) is 0 Å². The van der Waals surface area contributed by atoms with Crippen molar-refractivity contribution < 1.29 is 39.9 Å². The summed E-state index contributed by atoms with van der Waals surface area (Å²) < 4.78 is 105. The molecule has 0 spiro atoms. The number of H-pyrrole nitrogens is 2. The average molecular weight is 378 g/mol. The molecule has 2 rings (SSSR count). The van der Waals surface area contributed by atoms with Gasteiger partial charge in [-0.3, -0.25) is 9.59 Å². The molecular weight excluding hydrogens is 372 g/mol. The smallest absolute Gasteiger partial charge is 0.420 e. The van der Waals surface area contributed by atoms with Crippen LogP contribution in [0.2, 0.25) is 0 Å². The number of aromatic amines is 2. The number of aromatic nitrogens is 2. The van der Waals surface area contributed by atoms with Gasteiger partial charge < -0.3 is 14.7 Å².